The number of thioether (sulfide) groups is 1. The predicted octanol–water partition coefficient (Wildman–Crippen LogP) is 4.65. The fraction of sp³-hybridized carbons (Fsp3) is 0.0870. The second-order valence-electron chi connectivity index (χ2n) is 6.84. The second-order valence-corrected chi connectivity index (χ2v) is 8.01. The molecule has 4 rings (SSSR count). The van der Waals surface area contributed by atoms with Gasteiger partial charge in [0.1, 0.15) is 17.3 Å². The smallest absolute Gasteiger partial charge is 0.247 e. The highest BCUT2D eigenvalue weighted by atomic mass is 32.2. The van der Waals surface area contributed by atoms with Crippen molar-refractivity contribution < 1.29 is 24.2 Å². The summed E-state index contributed by atoms with van der Waals surface area (Å²) < 4.78 is 13.1. The number of hydrogen-bond donors (Lipinski definition) is 2. The van der Waals surface area contributed by atoms with Crippen molar-refractivity contribution in [3.63, 3.8) is 0 Å². The van der Waals surface area contributed by atoms with Crippen LogP contribution in [0, 0.1) is 5.82 Å². The molecular formula is C23H17FN2O4S. The summed E-state index contributed by atoms with van der Waals surface area (Å²) in [5.41, 5.74) is 1.36. The SMILES string of the molecule is O=C(C[C@@H]1SC(=Nc2ccc(O)cc2)N(c2ccc(O)cc2)C1=O)c1ccc(F)cc1. The lowest BCUT2D eigenvalue weighted by atomic mass is 10.1. The van der Waals surface area contributed by atoms with Crippen molar-refractivity contribution in [3.05, 3.63) is 84.2 Å². The molecule has 1 saturated heterocycles. The molecule has 1 aliphatic heterocycles. The van der Waals surface area contributed by atoms with Crippen molar-refractivity contribution in [1.82, 2.24) is 0 Å². The lowest BCUT2D eigenvalue weighted by Gasteiger charge is -2.16. The molecule has 3 aromatic carbocycles. The topological polar surface area (TPSA) is 90.2 Å². The summed E-state index contributed by atoms with van der Waals surface area (Å²) in [6, 6.07) is 17.5. The number of rotatable bonds is 5. The van der Waals surface area contributed by atoms with Crippen LogP contribution in [0.1, 0.15) is 16.8 Å². The van der Waals surface area contributed by atoms with Crippen molar-refractivity contribution in [2.45, 2.75) is 11.7 Å². The van der Waals surface area contributed by atoms with E-state index in [9.17, 15) is 24.2 Å². The van der Waals surface area contributed by atoms with Gasteiger partial charge in [0.15, 0.2) is 11.0 Å². The highest BCUT2D eigenvalue weighted by Crippen LogP contribution is 2.36. The Morgan fingerprint density at radius 2 is 1.52 bits per heavy atom. The second kappa shape index (κ2) is 8.61. The van der Waals surface area contributed by atoms with Gasteiger partial charge in [0, 0.05) is 12.0 Å². The molecular weight excluding hydrogens is 419 g/mol. The number of phenolic OH excluding ortho intramolecular Hbond substituents is 2. The van der Waals surface area contributed by atoms with Crippen LogP contribution in [-0.4, -0.2) is 32.3 Å². The van der Waals surface area contributed by atoms with Gasteiger partial charge < -0.3 is 10.2 Å². The Hall–Kier alpha value is -3.65. The van der Waals surface area contributed by atoms with E-state index < -0.39 is 11.1 Å². The molecule has 0 radical (unpaired) electrons. The van der Waals surface area contributed by atoms with Crippen molar-refractivity contribution in [2.24, 2.45) is 4.99 Å². The van der Waals surface area contributed by atoms with Crippen LogP contribution in [0.2, 0.25) is 0 Å². The van der Waals surface area contributed by atoms with Gasteiger partial charge in [-0.3, -0.25) is 14.5 Å². The standard InChI is InChI=1S/C23H17FN2O4S/c24-15-3-1-14(2-4-15)20(29)13-21-22(30)26(17-7-11-19(28)12-8-17)23(31-21)25-16-5-9-18(27)10-6-16/h1-12,21,27-28H,13H2/t21-/m0/s1. The Morgan fingerprint density at radius 1 is 0.935 bits per heavy atom. The van der Waals surface area contributed by atoms with E-state index in [0.29, 0.717) is 22.1 Å². The number of nitrogens with zero attached hydrogens (tertiary/aromatic N) is 2. The number of halogens is 1. The number of aromatic hydroxyl groups is 2. The number of hydrogen-bond acceptors (Lipinski definition) is 6. The first-order chi connectivity index (χ1) is 14.9. The Balaban J connectivity index is 1.64. The average Bonchev–Trinajstić information content (AvgIpc) is 3.05. The first kappa shape index (κ1) is 20.6. The molecule has 1 heterocycles. The number of anilines is 1. The summed E-state index contributed by atoms with van der Waals surface area (Å²) in [6.07, 6.45) is -0.0711. The highest BCUT2D eigenvalue weighted by molar-refractivity contribution is 8.16. The van der Waals surface area contributed by atoms with Crippen molar-refractivity contribution in [3.8, 4) is 11.5 Å². The molecule has 0 aliphatic carbocycles. The molecule has 8 heteroatoms. The van der Waals surface area contributed by atoms with E-state index in [4.69, 9.17) is 0 Å². The van der Waals surface area contributed by atoms with E-state index in [1.807, 2.05) is 0 Å². The molecule has 31 heavy (non-hydrogen) atoms. The minimum atomic E-state index is -0.706. The Morgan fingerprint density at radius 3 is 2.13 bits per heavy atom. The molecule has 3 aromatic rings. The first-order valence-electron chi connectivity index (χ1n) is 9.37. The number of phenols is 2. The van der Waals surface area contributed by atoms with Crippen molar-refractivity contribution >= 4 is 40.0 Å². The molecule has 2 N–H and O–H groups in total. The molecule has 0 aromatic heterocycles. The zero-order valence-electron chi connectivity index (χ0n) is 16.1. The molecule has 1 amide bonds. The van der Waals surface area contributed by atoms with Gasteiger partial charge in [-0.1, -0.05) is 11.8 Å². The Bertz CT molecular complexity index is 1150. The Labute approximate surface area is 181 Å². The summed E-state index contributed by atoms with van der Waals surface area (Å²) in [7, 11) is 0. The molecule has 156 valence electrons. The van der Waals surface area contributed by atoms with Crippen LogP contribution in [0.5, 0.6) is 11.5 Å². The normalized spacial score (nSPS) is 17.3. The number of amidine groups is 1. The van der Waals surface area contributed by atoms with Crippen LogP contribution in [0.4, 0.5) is 15.8 Å². The van der Waals surface area contributed by atoms with Gasteiger partial charge in [0.2, 0.25) is 5.91 Å². The van der Waals surface area contributed by atoms with E-state index in [2.05, 4.69) is 4.99 Å². The van der Waals surface area contributed by atoms with E-state index in [1.54, 1.807) is 24.3 Å². The largest absolute Gasteiger partial charge is 0.508 e. The fourth-order valence-electron chi connectivity index (χ4n) is 3.07. The predicted molar refractivity (Wildman–Crippen MR) is 118 cm³/mol. The van der Waals surface area contributed by atoms with Gasteiger partial charge >= 0.3 is 0 Å². The van der Waals surface area contributed by atoms with Gasteiger partial charge in [0.05, 0.1) is 16.6 Å². The van der Waals surface area contributed by atoms with Crippen LogP contribution in [0.3, 0.4) is 0 Å². The van der Waals surface area contributed by atoms with Gasteiger partial charge in [-0.25, -0.2) is 9.38 Å². The summed E-state index contributed by atoms with van der Waals surface area (Å²) in [4.78, 5) is 31.7. The number of Topliss-reactive ketones (excluding diaryl/α,β-unsaturated/α-hetero) is 1. The number of amides is 1. The number of ketones is 1. The maximum absolute atomic E-state index is 13.2. The number of carbonyl (C=O) groups excluding carboxylic acids is 2. The third-order valence-corrected chi connectivity index (χ3v) is 5.79. The van der Waals surface area contributed by atoms with Crippen molar-refractivity contribution in [2.75, 3.05) is 4.90 Å². The van der Waals surface area contributed by atoms with Crippen molar-refractivity contribution in [1.29, 1.82) is 0 Å². The van der Waals surface area contributed by atoms with Gasteiger partial charge in [-0.2, -0.15) is 0 Å². The summed E-state index contributed by atoms with van der Waals surface area (Å²) in [5, 5.41) is 18.7. The monoisotopic (exact) mass is 436 g/mol. The summed E-state index contributed by atoms with van der Waals surface area (Å²) in [5.74, 6) is -0.879. The quantitative estimate of drug-likeness (QED) is 0.569. The van der Waals surface area contributed by atoms with Gasteiger partial charge in [0.25, 0.3) is 0 Å². The lowest BCUT2D eigenvalue weighted by molar-refractivity contribution is -0.116. The van der Waals surface area contributed by atoms with Crippen LogP contribution < -0.4 is 4.90 Å². The van der Waals surface area contributed by atoms with E-state index in [-0.39, 0.29) is 29.6 Å². The zero-order valence-corrected chi connectivity index (χ0v) is 16.9. The Kier molecular flexibility index (Phi) is 5.73. The third-order valence-electron chi connectivity index (χ3n) is 4.65. The van der Waals surface area contributed by atoms with Crippen LogP contribution in [0.25, 0.3) is 0 Å². The van der Waals surface area contributed by atoms with Crippen LogP contribution in [-0.2, 0) is 4.79 Å². The molecule has 1 aliphatic rings. The minimum Gasteiger partial charge on any atom is -0.508 e. The molecule has 1 fully saturated rings. The summed E-state index contributed by atoms with van der Waals surface area (Å²) in [6.45, 7) is 0. The maximum atomic E-state index is 13.2. The van der Waals surface area contributed by atoms with E-state index in [0.717, 1.165) is 11.8 Å². The number of benzene rings is 3. The van der Waals surface area contributed by atoms with E-state index >= 15 is 0 Å². The van der Waals surface area contributed by atoms with Gasteiger partial charge in [-0.15, -0.1) is 0 Å². The molecule has 6 nitrogen and oxygen atoms in total. The first-order valence-corrected chi connectivity index (χ1v) is 10.2. The number of aliphatic imine (C=N–C) groups is 1. The third kappa shape index (κ3) is 4.59. The van der Waals surface area contributed by atoms with E-state index in [1.165, 1.54) is 53.4 Å². The molecule has 0 saturated carbocycles. The minimum absolute atomic E-state index is 0.0584. The number of carbonyl (C=O) groups is 2. The van der Waals surface area contributed by atoms with Crippen LogP contribution >= 0.6 is 11.8 Å². The lowest BCUT2D eigenvalue weighted by Crippen LogP contribution is -2.32. The fourth-order valence-corrected chi connectivity index (χ4v) is 4.23. The molecule has 0 unspecified atom stereocenters. The maximum Gasteiger partial charge on any atom is 0.247 e. The highest BCUT2D eigenvalue weighted by Gasteiger charge is 2.40. The molecule has 1 atom stereocenters. The molecule has 0 spiro atoms. The van der Waals surface area contributed by atoms with Gasteiger partial charge in [-0.05, 0) is 72.8 Å². The van der Waals surface area contributed by atoms with Crippen LogP contribution in [0.15, 0.2) is 77.8 Å². The average molecular weight is 436 g/mol. The zero-order chi connectivity index (χ0) is 22.0. The molecule has 0 bridgehead atoms. The summed E-state index contributed by atoms with van der Waals surface area (Å²) >= 11 is 1.16.